The largest absolute Gasteiger partial charge is 0.439 e. The molecule has 9 rings (SSSR count). The van der Waals surface area contributed by atoms with E-state index in [0.717, 1.165) is 97.5 Å². The van der Waals surface area contributed by atoms with Crippen LogP contribution >= 0.6 is 0 Å². The van der Waals surface area contributed by atoms with Gasteiger partial charge < -0.3 is 14.5 Å². The molecule has 3 aliphatic heterocycles. The number of carbonyl (C=O) groups excluding carboxylic acids is 3. The van der Waals surface area contributed by atoms with Crippen molar-refractivity contribution >= 4 is 34.9 Å². The van der Waals surface area contributed by atoms with E-state index in [-0.39, 0.29) is 29.8 Å². The number of aromatic nitrogens is 4. The van der Waals surface area contributed by atoms with Gasteiger partial charge >= 0.3 is 6.09 Å². The standard InChI is InChI=1S/C41H41FN8O4/c42-30-8-2-6-28(22-30)33-10-4-16-48(33)40-15-14-38-43-24-35(50(38)45-40)32-9-3-11-39(44-32)47-19-17-46(18-20-47)25-27-5-1-7-29(21-27)37-26-49(41(53)54-37)34-13-12-31(51)23-36(34)52/h1-3,5-9,11,14-15,21-22,24,33-34,37H,4,10,12-13,16-20,23,25-26H2/t33-,34?,37-/m1/s1. The van der Waals surface area contributed by atoms with Crippen LogP contribution in [0.3, 0.4) is 0 Å². The normalized spacial score (nSPS) is 22.4. The zero-order valence-corrected chi connectivity index (χ0v) is 29.9. The number of nitrogens with zero attached hydrogens (tertiary/aromatic N) is 8. The van der Waals surface area contributed by atoms with Gasteiger partial charge in [0.25, 0.3) is 0 Å². The Labute approximate surface area is 312 Å². The van der Waals surface area contributed by atoms with Crippen molar-refractivity contribution < 1.29 is 23.5 Å². The average Bonchev–Trinajstić information content (AvgIpc) is 3.94. The zero-order valence-electron chi connectivity index (χ0n) is 29.9. The predicted molar refractivity (Wildman–Crippen MR) is 199 cm³/mol. The summed E-state index contributed by atoms with van der Waals surface area (Å²) >= 11 is 0. The molecule has 3 saturated heterocycles. The molecule has 276 valence electrons. The Kier molecular flexibility index (Phi) is 9.01. The summed E-state index contributed by atoms with van der Waals surface area (Å²) in [4.78, 5) is 55.1. The number of anilines is 2. The first-order chi connectivity index (χ1) is 26.4. The molecule has 0 radical (unpaired) electrons. The molecule has 54 heavy (non-hydrogen) atoms. The van der Waals surface area contributed by atoms with Gasteiger partial charge in [0.05, 0.1) is 36.9 Å². The number of fused-ring (bicyclic) bond motifs is 1. The van der Waals surface area contributed by atoms with Gasteiger partial charge in [0.2, 0.25) is 0 Å². The molecule has 0 spiro atoms. The number of halogens is 1. The summed E-state index contributed by atoms with van der Waals surface area (Å²) in [5.41, 5.74) is 5.33. The van der Waals surface area contributed by atoms with E-state index < -0.39 is 18.2 Å². The smallest absolute Gasteiger partial charge is 0.411 e. The number of cyclic esters (lactones) is 1. The monoisotopic (exact) mass is 728 g/mol. The summed E-state index contributed by atoms with van der Waals surface area (Å²) < 4.78 is 21.7. The summed E-state index contributed by atoms with van der Waals surface area (Å²) in [5, 5.41) is 5.02. The van der Waals surface area contributed by atoms with Crippen LogP contribution in [0.1, 0.15) is 60.9 Å². The molecule has 3 atom stereocenters. The summed E-state index contributed by atoms with van der Waals surface area (Å²) in [6.45, 7) is 5.25. The summed E-state index contributed by atoms with van der Waals surface area (Å²) in [7, 11) is 0. The molecular weight excluding hydrogens is 688 g/mol. The van der Waals surface area contributed by atoms with Crippen LogP contribution in [0.4, 0.5) is 20.8 Å². The predicted octanol–water partition coefficient (Wildman–Crippen LogP) is 5.78. The van der Waals surface area contributed by atoms with Crippen molar-refractivity contribution in [2.75, 3.05) is 49.1 Å². The third kappa shape index (κ3) is 6.68. The molecular formula is C41H41FN8O4. The van der Waals surface area contributed by atoms with E-state index in [1.807, 2.05) is 59.2 Å². The highest BCUT2D eigenvalue weighted by Crippen LogP contribution is 2.36. The Hall–Kier alpha value is -5.69. The highest BCUT2D eigenvalue weighted by atomic mass is 19.1. The van der Waals surface area contributed by atoms with Gasteiger partial charge in [-0.15, -0.1) is 5.10 Å². The Bertz CT molecular complexity index is 2240. The number of pyridine rings is 1. The maximum atomic E-state index is 14.1. The van der Waals surface area contributed by atoms with Gasteiger partial charge in [-0.25, -0.2) is 23.7 Å². The number of hydrogen-bond donors (Lipinski definition) is 0. The molecule has 5 aromatic rings. The van der Waals surface area contributed by atoms with Crippen molar-refractivity contribution in [2.45, 2.75) is 56.8 Å². The van der Waals surface area contributed by atoms with E-state index in [9.17, 15) is 18.8 Å². The molecule has 13 heteroatoms. The minimum Gasteiger partial charge on any atom is -0.439 e. The second-order valence-corrected chi connectivity index (χ2v) is 14.7. The van der Waals surface area contributed by atoms with Crippen molar-refractivity contribution in [3.8, 4) is 11.4 Å². The molecule has 2 aromatic carbocycles. The van der Waals surface area contributed by atoms with Crippen molar-refractivity contribution in [3.05, 3.63) is 108 Å². The van der Waals surface area contributed by atoms with Gasteiger partial charge in [-0.3, -0.25) is 19.4 Å². The Morgan fingerprint density at radius 2 is 1.63 bits per heavy atom. The Balaban J connectivity index is 0.847. The lowest BCUT2D eigenvalue weighted by Crippen LogP contribution is -2.46. The quantitative estimate of drug-likeness (QED) is 0.182. The fourth-order valence-electron chi connectivity index (χ4n) is 8.42. The molecule has 1 saturated carbocycles. The van der Waals surface area contributed by atoms with Crippen LogP contribution in [0.5, 0.6) is 0 Å². The first kappa shape index (κ1) is 34.1. The molecule has 1 amide bonds. The molecule has 4 aliphatic rings. The molecule has 3 aromatic heterocycles. The van der Waals surface area contributed by atoms with Crippen LogP contribution in [0.25, 0.3) is 17.0 Å². The third-order valence-electron chi connectivity index (χ3n) is 11.2. The van der Waals surface area contributed by atoms with Gasteiger partial charge in [0.15, 0.2) is 11.4 Å². The van der Waals surface area contributed by atoms with Gasteiger partial charge in [0, 0.05) is 45.7 Å². The van der Waals surface area contributed by atoms with Crippen molar-refractivity contribution in [2.24, 2.45) is 0 Å². The maximum absolute atomic E-state index is 14.1. The van der Waals surface area contributed by atoms with Crippen molar-refractivity contribution in [3.63, 3.8) is 0 Å². The van der Waals surface area contributed by atoms with Gasteiger partial charge in [-0.1, -0.05) is 42.5 Å². The van der Waals surface area contributed by atoms with Crippen LogP contribution < -0.4 is 9.80 Å². The van der Waals surface area contributed by atoms with Crippen LogP contribution in [0, 0.1) is 5.82 Å². The second kappa shape index (κ2) is 14.3. The van der Waals surface area contributed by atoms with Gasteiger partial charge in [-0.05, 0) is 72.4 Å². The van der Waals surface area contributed by atoms with Crippen molar-refractivity contribution in [1.29, 1.82) is 0 Å². The Morgan fingerprint density at radius 3 is 2.48 bits per heavy atom. The van der Waals surface area contributed by atoms with Gasteiger partial charge in [0.1, 0.15) is 35.0 Å². The lowest BCUT2D eigenvalue weighted by atomic mass is 9.92. The lowest BCUT2D eigenvalue weighted by molar-refractivity contribution is -0.133. The molecule has 0 N–H and O–H groups in total. The van der Waals surface area contributed by atoms with E-state index in [1.54, 1.807) is 12.1 Å². The lowest BCUT2D eigenvalue weighted by Gasteiger charge is -2.35. The van der Waals surface area contributed by atoms with Crippen LogP contribution in [-0.4, -0.2) is 92.4 Å². The van der Waals surface area contributed by atoms with Crippen LogP contribution in [-0.2, 0) is 20.9 Å². The maximum Gasteiger partial charge on any atom is 0.411 e. The Morgan fingerprint density at radius 1 is 0.796 bits per heavy atom. The molecule has 0 bridgehead atoms. The van der Waals surface area contributed by atoms with Gasteiger partial charge in [-0.2, -0.15) is 0 Å². The third-order valence-corrected chi connectivity index (χ3v) is 11.2. The fourth-order valence-corrected chi connectivity index (χ4v) is 8.42. The van der Waals surface area contributed by atoms with E-state index in [4.69, 9.17) is 14.8 Å². The molecule has 6 heterocycles. The average molecular weight is 729 g/mol. The number of ether oxygens (including phenoxy) is 1. The van der Waals surface area contributed by atoms with E-state index in [2.05, 4.69) is 31.8 Å². The molecule has 4 fully saturated rings. The summed E-state index contributed by atoms with van der Waals surface area (Å²) in [6, 6.07) is 24.5. The number of ketones is 2. The number of piperazine rings is 1. The minimum absolute atomic E-state index is 0.0635. The highest BCUT2D eigenvalue weighted by Gasteiger charge is 2.42. The molecule has 12 nitrogen and oxygen atoms in total. The second-order valence-electron chi connectivity index (χ2n) is 14.7. The number of Topliss-reactive ketones (excluding diaryl/α,β-unsaturated/α-hetero) is 2. The molecule has 1 unspecified atom stereocenters. The molecule has 1 aliphatic carbocycles. The van der Waals surface area contributed by atoms with E-state index in [0.29, 0.717) is 19.4 Å². The van der Waals surface area contributed by atoms with E-state index in [1.165, 1.54) is 11.0 Å². The van der Waals surface area contributed by atoms with Crippen LogP contribution in [0.15, 0.2) is 85.1 Å². The number of amides is 1. The van der Waals surface area contributed by atoms with Crippen molar-refractivity contribution in [1.82, 2.24) is 29.4 Å². The highest BCUT2D eigenvalue weighted by molar-refractivity contribution is 6.04. The number of imidazole rings is 1. The van der Waals surface area contributed by atoms with E-state index >= 15 is 0 Å². The number of rotatable bonds is 8. The zero-order chi connectivity index (χ0) is 36.8. The summed E-state index contributed by atoms with van der Waals surface area (Å²) in [5.74, 6) is 1.24. The number of carbonyl (C=O) groups is 3. The number of hydrogen-bond acceptors (Lipinski definition) is 10. The minimum atomic E-state index is -0.582. The first-order valence-corrected chi connectivity index (χ1v) is 18.8. The SMILES string of the molecule is O=C1CCC(N2C[C@H](c3cccc(CN4CCN(c5cccc(-c6cnc7ccc(N8CCC[C@@H]8c8cccc(F)c8)nn67)n5)CC4)c3)OC2=O)C(=O)C1. The topological polar surface area (TPSA) is 116 Å². The first-order valence-electron chi connectivity index (χ1n) is 18.8. The number of benzene rings is 2. The van der Waals surface area contributed by atoms with Crippen LogP contribution in [0.2, 0.25) is 0 Å². The summed E-state index contributed by atoms with van der Waals surface area (Å²) in [6.07, 6.45) is 3.39. The fraction of sp³-hybridized carbons (Fsp3) is 0.366.